The summed E-state index contributed by atoms with van der Waals surface area (Å²) in [5.74, 6) is -1.16. The van der Waals surface area contributed by atoms with Crippen molar-refractivity contribution in [3.63, 3.8) is 0 Å². The fraction of sp³-hybridized carbons (Fsp3) is 0.0417. The van der Waals surface area contributed by atoms with E-state index in [4.69, 9.17) is 0 Å². The fourth-order valence-corrected chi connectivity index (χ4v) is 2.70. The second kappa shape index (κ2) is 9.84. The summed E-state index contributed by atoms with van der Waals surface area (Å²) in [6.45, 7) is 0. The highest BCUT2D eigenvalue weighted by Gasteiger charge is 2.10. The van der Waals surface area contributed by atoms with Gasteiger partial charge in [-0.1, -0.05) is 42.5 Å². The van der Waals surface area contributed by atoms with E-state index < -0.39 is 5.97 Å². The van der Waals surface area contributed by atoms with Crippen LogP contribution in [0.2, 0.25) is 0 Å². The average molecular weight is 400 g/mol. The molecule has 0 unspecified atom stereocenters. The molecule has 0 atom stereocenters. The smallest absolute Gasteiger partial charge is 0.337 e. The number of hydrogen-bond donors (Lipinski definition) is 2. The Morgan fingerprint density at radius 1 is 0.767 bits per heavy atom. The first-order chi connectivity index (χ1) is 14.5. The minimum atomic E-state index is -0.487. The van der Waals surface area contributed by atoms with Crippen LogP contribution < -0.4 is 10.6 Å². The lowest BCUT2D eigenvalue weighted by molar-refractivity contribution is -0.111. The Morgan fingerprint density at radius 2 is 1.40 bits per heavy atom. The molecule has 2 amide bonds. The van der Waals surface area contributed by atoms with Crippen LogP contribution in [0.15, 0.2) is 84.9 Å². The number of amides is 2. The van der Waals surface area contributed by atoms with Crippen LogP contribution in [0.25, 0.3) is 6.08 Å². The fourth-order valence-electron chi connectivity index (χ4n) is 2.70. The van der Waals surface area contributed by atoms with Crippen molar-refractivity contribution < 1.29 is 19.1 Å². The Morgan fingerprint density at radius 3 is 2.10 bits per heavy atom. The number of carbonyl (C=O) groups is 3. The minimum Gasteiger partial charge on any atom is -0.465 e. The standard InChI is InChI=1S/C24H20N2O4/c1-30-24(29)19-10-6-12-21(16-19)26-23(28)18-9-5-11-20(15-18)25-22(27)14-13-17-7-3-2-4-8-17/h2-16H,1H3,(H,25,27)(H,26,28)/b14-13+. The molecule has 6 heteroatoms. The van der Waals surface area contributed by atoms with E-state index in [0.29, 0.717) is 22.5 Å². The van der Waals surface area contributed by atoms with E-state index in [1.807, 2.05) is 30.3 Å². The lowest BCUT2D eigenvalue weighted by atomic mass is 10.1. The summed E-state index contributed by atoms with van der Waals surface area (Å²) in [6, 6.07) is 22.5. The van der Waals surface area contributed by atoms with Crippen molar-refractivity contribution in [1.29, 1.82) is 0 Å². The van der Waals surface area contributed by atoms with Gasteiger partial charge in [-0.25, -0.2) is 4.79 Å². The predicted molar refractivity (Wildman–Crippen MR) is 116 cm³/mol. The van der Waals surface area contributed by atoms with Gasteiger partial charge in [0.15, 0.2) is 0 Å². The van der Waals surface area contributed by atoms with Crippen molar-refractivity contribution in [2.24, 2.45) is 0 Å². The van der Waals surface area contributed by atoms with Crippen LogP contribution in [-0.2, 0) is 9.53 Å². The third-order valence-corrected chi connectivity index (χ3v) is 4.16. The SMILES string of the molecule is COC(=O)c1cccc(NC(=O)c2cccc(NC(=O)/C=C/c3ccccc3)c2)c1. The second-order valence-corrected chi connectivity index (χ2v) is 6.34. The van der Waals surface area contributed by atoms with Crippen LogP contribution in [0.4, 0.5) is 11.4 Å². The van der Waals surface area contributed by atoms with Crippen molar-refractivity contribution >= 4 is 35.2 Å². The number of nitrogens with one attached hydrogen (secondary N) is 2. The maximum atomic E-state index is 12.6. The quantitative estimate of drug-likeness (QED) is 0.475. The van der Waals surface area contributed by atoms with Crippen molar-refractivity contribution in [2.75, 3.05) is 17.7 Å². The predicted octanol–water partition coefficient (Wildman–Crippen LogP) is 4.38. The monoisotopic (exact) mass is 400 g/mol. The molecule has 0 saturated heterocycles. The summed E-state index contributed by atoms with van der Waals surface area (Å²) in [5, 5.41) is 5.47. The third-order valence-electron chi connectivity index (χ3n) is 4.16. The lowest BCUT2D eigenvalue weighted by Crippen LogP contribution is -2.14. The maximum Gasteiger partial charge on any atom is 0.337 e. The van der Waals surface area contributed by atoms with E-state index in [1.165, 1.54) is 19.3 Å². The van der Waals surface area contributed by atoms with Crippen LogP contribution in [0.3, 0.4) is 0 Å². The summed E-state index contributed by atoms with van der Waals surface area (Å²) in [6.07, 6.45) is 3.14. The van der Waals surface area contributed by atoms with E-state index in [2.05, 4.69) is 15.4 Å². The molecule has 3 aromatic rings. The molecule has 30 heavy (non-hydrogen) atoms. The Labute approximate surface area is 174 Å². The van der Waals surface area contributed by atoms with Gasteiger partial charge in [0.2, 0.25) is 5.91 Å². The van der Waals surface area contributed by atoms with Gasteiger partial charge in [-0.3, -0.25) is 9.59 Å². The lowest BCUT2D eigenvalue weighted by Gasteiger charge is -2.08. The van der Waals surface area contributed by atoms with E-state index in [9.17, 15) is 14.4 Å². The molecule has 0 fully saturated rings. The van der Waals surface area contributed by atoms with E-state index in [1.54, 1.807) is 48.5 Å². The number of benzene rings is 3. The summed E-state index contributed by atoms with van der Waals surface area (Å²) in [7, 11) is 1.29. The molecule has 0 bridgehead atoms. The Bertz CT molecular complexity index is 1090. The molecule has 0 aliphatic heterocycles. The maximum absolute atomic E-state index is 12.6. The summed E-state index contributed by atoms with van der Waals surface area (Å²) in [5.41, 5.74) is 2.57. The molecule has 0 spiro atoms. The van der Waals surface area contributed by atoms with Gasteiger partial charge in [-0.05, 0) is 48.0 Å². The van der Waals surface area contributed by atoms with Crippen LogP contribution in [0.5, 0.6) is 0 Å². The number of hydrogen-bond acceptors (Lipinski definition) is 4. The average Bonchev–Trinajstić information content (AvgIpc) is 2.78. The molecule has 0 aromatic heterocycles. The molecular weight excluding hydrogens is 380 g/mol. The highest BCUT2D eigenvalue weighted by atomic mass is 16.5. The number of ether oxygens (including phenoxy) is 1. The second-order valence-electron chi connectivity index (χ2n) is 6.34. The van der Waals surface area contributed by atoms with Crippen molar-refractivity contribution in [2.45, 2.75) is 0 Å². The normalized spacial score (nSPS) is 10.4. The first-order valence-electron chi connectivity index (χ1n) is 9.19. The van der Waals surface area contributed by atoms with Gasteiger partial charge < -0.3 is 15.4 Å². The topological polar surface area (TPSA) is 84.5 Å². The largest absolute Gasteiger partial charge is 0.465 e. The Kier molecular flexibility index (Phi) is 6.74. The zero-order chi connectivity index (χ0) is 21.3. The van der Waals surface area contributed by atoms with Crippen LogP contribution >= 0.6 is 0 Å². The van der Waals surface area contributed by atoms with Crippen LogP contribution in [-0.4, -0.2) is 24.9 Å². The molecule has 0 aliphatic carbocycles. The number of anilines is 2. The van der Waals surface area contributed by atoms with Gasteiger partial charge in [-0.15, -0.1) is 0 Å². The summed E-state index contributed by atoms with van der Waals surface area (Å²) in [4.78, 5) is 36.3. The van der Waals surface area contributed by atoms with Gasteiger partial charge >= 0.3 is 5.97 Å². The molecule has 3 rings (SSSR count). The van der Waals surface area contributed by atoms with Crippen LogP contribution in [0.1, 0.15) is 26.3 Å². The molecule has 0 heterocycles. The van der Waals surface area contributed by atoms with Gasteiger partial charge in [0.05, 0.1) is 12.7 Å². The first-order valence-corrected chi connectivity index (χ1v) is 9.19. The number of carbonyl (C=O) groups excluding carboxylic acids is 3. The van der Waals surface area contributed by atoms with Crippen molar-refractivity contribution in [1.82, 2.24) is 0 Å². The molecule has 0 radical (unpaired) electrons. The number of methoxy groups -OCH3 is 1. The highest BCUT2D eigenvalue weighted by Crippen LogP contribution is 2.16. The molecular formula is C24H20N2O4. The van der Waals surface area contributed by atoms with Gasteiger partial charge in [-0.2, -0.15) is 0 Å². The van der Waals surface area contributed by atoms with Gasteiger partial charge in [0.1, 0.15) is 0 Å². The Hall–Kier alpha value is -4.19. The Balaban J connectivity index is 1.66. The van der Waals surface area contributed by atoms with Crippen LogP contribution in [0, 0.1) is 0 Å². The molecule has 3 aromatic carbocycles. The molecule has 6 nitrogen and oxygen atoms in total. The van der Waals surface area contributed by atoms with E-state index in [-0.39, 0.29) is 11.8 Å². The minimum absolute atomic E-state index is 0.304. The first kappa shape index (κ1) is 20.5. The van der Waals surface area contributed by atoms with E-state index in [0.717, 1.165) is 5.56 Å². The zero-order valence-electron chi connectivity index (χ0n) is 16.3. The number of rotatable bonds is 6. The number of esters is 1. The third kappa shape index (κ3) is 5.65. The molecule has 0 saturated carbocycles. The summed E-state index contributed by atoms with van der Waals surface area (Å²) < 4.78 is 4.68. The van der Waals surface area contributed by atoms with E-state index >= 15 is 0 Å². The highest BCUT2D eigenvalue weighted by molar-refractivity contribution is 6.07. The summed E-state index contributed by atoms with van der Waals surface area (Å²) >= 11 is 0. The van der Waals surface area contributed by atoms with Gasteiger partial charge in [0.25, 0.3) is 5.91 Å². The molecule has 0 aliphatic rings. The van der Waals surface area contributed by atoms with Gasteiger partial charge in [0, 0.05) is 23.0 Å². The molecule has 2 N–H and O–H groups in total. The molecule has 150 valence electrons. The van der Waals surface area contributed by atoms with Crippen molar-refractivity contribution in [3.05, 3.63) is 102 Å². The zero-order valence-corrected chi connectivity index (χ0v) is 16.3. The van der Waals surface area contributed by atoms with Crippen molar-refractivity contribution in [3.8, 4) is 0 Å².